The van der Waals surface area contributed by atoms with E-state index in [9.17, 15) is 4.79 Å². The molecule has 0 fully saturated rings. The van der Waals surface area contributed by atoms with Crippen molar-refractivity contribution in [2.45, 2.75) is 51.6 Å². The Morgan fingerprint density at radius 2 is 1.90 bits per heavy atom. The van der Waals surface area contributed by atoms with Gasteiger partial charge in [0, 0.05) is 13.7 Å². The van der Waals surface area contributed by atoms with Gasteiger partial charge in [0.25, 0.3) is 1.43 Å². The summed E-state index contributed by atoms with van der Waals surface area (Å²) >= 11 is 0. The van der Waals surface area contributed by atoms with Crippen LogP contribution in [0.1, 0.15) is 95.5 Å². The molecule has 0 spiro atoms. The van der Waals surface area contributed by atoms with Gasteiger partial charge in [0.2, 0.25) is 0 Å². The van der Waals surface area contributed by atoms with E-state index in [0.717, 1.165) is 6.92 Å². The summed E-state index contributed by atoms with van der Waals surface area (Å²) in [5.74, 6) is -4.87. The number of carboxylic acids is 1. The Labute approximate surface area is 206 Å². The zero-order chi connectivity index (χ0) is 40.5. The number of carbonyl (C=O) groups is 1. The largest absolute Gasteiger partial charge is 0.478 e. The van der Waals surface area contributed by atoms with Crippen molar-refractivity contribution in [2.24, 2.45) is 0 Å². The molecule has 2 unspecified atom stereocenters. The van der Waals surface area contributed by atoms with E-state index in [2.05, 4.69) is 5.11 Å². The summed E-state index contributed by atoms with van der Waals surface area (Å²) in [6.45, 7) is -0.242. The van der Waals surface area contributed by atoms with Gasteiger partial charge in [-0.15, -0.1) is 0 Å². The minimum absolute atomic E-state index is 0.293. The number of hydrogen-bond donors (Lipinski definition) is 1. The van der Waals surface area contributed by atoms with Gasteiger partial charge in [0.15, 0.2) is 0 Å². The highest BCUT2D eigenvalue weighted by Crippen LogP contribution is 2.24. The van der Waals surface area contributed by atoms with Gasteiger partial charge < -0.3 is 5.11 Å². The summed E-state index contributed by atoms with van der Waals surface area (Å²) in [4.78, 5) is 12.2. The normalized spacial score (nSPS) is 27.8. The molecular weight excluding hydrogens is 356 g/mol. The average Bonchev–Trinajstić information content (AvgIpc) is 3.08. The summed E-state index contributed by atoms with van der Waals surface area (Å²) in [7, 11) is 0. The Balaban J connectivity index is 2.34. The van der Waals surface area contributed by atoms with Crippen LogP contribution in [0.15, 0.2) is 72.5 Å². The van der Waals surface area contributed by atoms with Crippen LogP contribution in [0, 0.1) is 6.92 Å². The minimum atomic E-state index is -3.93. The highest BCUT2D eigenvalue weighted by molar-refractivity contribution is 5.89. The van der Waals surface area contributed by atoms with Crippen LogP contribution in [0.25, 0.3) is 12.6 Å². The first kappa shape index (κ1) is 6.31. The molecule has 2 nitrogen and oxygen atoms in total. The molecular formula is C27H30O2. The molecule has 3 aromatic rings. The summed E-state index contributed by atoms with van der Waals surface area (Å²) in [6.07, 6.45) is -17.5. The fourth-order valence-corrected chi connectivity index (χ4v) is 2.07. The maximum absolute atomic E-state index is 12.2. The molecule has 0 radical (unpaired) electrons. The van der Waals surface area contributed by atoms with Crippen LogP contribution in [-0.4, -0.2) is 11.1 Å². The van der Waals surface area contributed by atoms with E-state index in [1.54, 1.807) is 0 Å². The number of carboxylic acid groups (broad SMARTS) is 1. The van der Waals surface area contributed by atoms with Gasteiger partial charge in [0.1, 0.15) is 0 Å². The lowest BCUT2D eigenvalue weighted by Crippen LogP contribution is -1.96. The van der Waals surface area contributed by atoms with Gasteiger partial charge >= 0.3 is 5.97 Å². The van der Waals surface area contributed by atoms with Crippen LogP contribution in [0.2, 0.25) is 0 Å². The van der Waals surface area contributed by atoms with E-state index in [4.69, 9.17) is 31.6 Å². The molecule has 0 saturated carbocycles. The molecule has 3 aromatic carbocycles. The monoisotopic (exact) mass is 409 g/mol. The maximum atomic E-state index is 12.2. The van der Waals surface area contributed by atoms with Crippen molar-refractivity contribution in [3.05, 3.63) is 94.8 Å². The van der Waals surface area contributed by atoms with Crippen molar-refractivity contribution in [3.63, 3.8) is 0 Å². The highest BCUT2D eigenvalue weighted by Gasteiger charge is 2.07. The Bertz CT molecular complexity index is 1930. The lowest BCUT2D eigenvalue weighted by Gasteiger charge is -2.12. The molecule has 0 aromatic heterocycles. The SMILES string of the molecule is [2H]C[C@]([2H])(c1c([2H])c([2H])c([2H])c(C)c1[2H])C([2H])([2H])C([2H])C([2H])([2H])C([2H])([2H])C([2H])c1c([2H])c([2H])c([2H])c(-c2c([2H])c([2H])c([2H])c(C(=O)O[2H])c2[2H])c1[2H]. The van der Waals surface area contributed by atoms with Crippen molar-refractivity contribution in [2.75, 3.05) is 0 Å². The smallest absolute Gasteiger partial charge is 0.335 e. The van der Waals surface area contributed by atoms with Crippen LogP contribution < -0.4 is 0 Å². The first-order valence-electron chi connectivity index (χ1n) is 19.9. The van der Waals surface area contributed by atoms with E-state index in [0.29, 0.717) is 0 Å². The van der Waals surface area contributed by atoms with Crippen molar-refractivity contribution in [1.29, 1.82) is 1.43 Å². The molecule has 0 aliphatic rings. The second-order valence-corrected chi connectivity index (χ2v) is 5.53. The van der Waals surface area contributed by atoms with Crippen LogP contribution in [0.4, 0.5) is 0 Å². The average molecular weight is 410 g/mol. The van der Waals surface area contributed by atoms with Crippen molar-refractivity contribution < 1.29 is 40.1 Å². The van der Waals surface area contributed by atoms with Crippen LogP contribution in [-0.2, 0) is 6.40 Å². The van der Waals surface area contributed by atoms with Crippen LogP contribution >= 0.6 is 0 Å². The summed E-state index contributed by atoms with van der Waals surface area (Å²) in [5.41, 5.74) is -5.43. The fraction of sp³-hybridized carbons (Fsp3) is 0.296. The van der Waals surface area contributed by atoms with E-state index in [-0.39, 0.29) is 5.56 Å². The summed E-state index contributed by atoms with van der Waals surface area (Å²) < 4.78 is 193. The van der Waals surface area contributed by atoms with Crippen molar-refractivity contribution in [1.82, 2.24) is 0 Å². The number of benzene rings is 3. The minimum Gasteiger partial charge on any atom is -0.478 e. The Morgan fingerprint density at radius 1 is 1.10 bits per heavy atom. The molecule has 0 aliphatic carbocycles. The fourth-order valence-electron chi connectivity index (χ4n) is 2.07. The standard InChI is InChI=1S/C27H30O2/c1-20-9-6-13-23(17-20)21(2)10-4-3-5-11-22-12-7-14-24(18-22)25-15-8-16-26(19-25)27(28)29/h6-9,12-19,21H,3-5,10-11H2,1-2H3,(H,28,29)/t21-/m0/s1/i2D,3D2,4D,5D2,6D,7D,8D,9D,10D2,11D,12D,13D,14D,15D,16D,17D,18D,19D,21D/hD/t4?,11?,21-. The number of hydrogen-bond acceptors (Lipinski definition) is 2. The molecule has 0 aliphatic heterocycles. The van der Waals surface area contributed by atoms with E-state index < -0.39 is 151 Å². The molecule has 3 atom stereocenters. The van der Waals surface area contributed by atoms with Gasteiger partial charge in [-0.3, -0.25) is 0 Å². The quantitative estimate of drug-likeness (QED) is 0.403. The molecule has 150 valence electrons. The molecule has 29 heavy (non-hydrogen) atoms. The molecule has 3 rings (SSSR count). The van der Waals surface area contributed by atoms with E-state index in [1.165, 1.54) is 0 Å². The Hall–Kier alpha value is -2.87. The second-order valence-electron chi connectivity index (χ2n) is 5.53. The zero-order valence-electron chi connectivity index (χ0n) is 38.2. The lowest BCUT2D eigenvalue weighted by molar-refractivity contribution is 0.0697. The maximum Gasteiger partial charge on any atom is 0.335 e. The van der Waals surface area contributed by atoms with E-state index in [1.807, 2.05) is 0 Å². The Kier molecular flexibility index (Phi) is 2.19. The molecule has 1 N–H and O–H groups in total. The summed E-state index contributed by atoms with van der Waals surface area (Å²) in [5, 5.41) is 3.80. The second kappa shape index (κ2) is 10.1. The first-order valence-corrected chi connectivity index (χ1v) is 8.17. The van der Waals surface area contributed by atoms with Gasteiger partial charge in [-0.2, -0.15) is 0 Å². The summed E-state index contributed by atoms with van der Waals surface area (Å²) in [6, 6.07) is -12.3. The zero-order valence-corrected chi connectivity index (χ0v) is 15.2. The Morgan fingerprint density at radius 3 is 2.72 bits per heavy atom. The molecule has 0 heterocycles. The number of aromatic carboxylic acids is 1. The third kappa shape index (κ3) is 6.05. The lowest BCUT2D eigenvalue weighted by atomic mass is 9.93. The third-order valence-electron chi connectivity index (χ3n) is 3.39. The molecule has 0 bridgehead atoms. The number of rotatable bonds is 9. The van der Waals surface area contributed by atoms with Crippen LogP contribution in [0.3, 0.4) is 0 Å². The van der Waals surface area contributed by atoms with E-state index >= 15 is 0 Å². The van der Waals surface area contributed by atoms with Gasteiger partial charge in [-0.05, 0) is 66.3 Å². The predicted octanol–water partition coefficient (Wildman–Crippen LogP) is 7.27. The molecule has 0 amide bonds. The predicted molar refractivity (Wildman–Crippen MR) is 121 cm³/mol. The van der Waals surface area contributed by atoms with Crippen molar-refractivity contribution in [3.8, 4) is 11.1 Å². The highest BCUT2D eigenvalue weighted by atomic mass is 16.4. The van der Waals surface area contributed by atoms with Crippen LogP contribution in [0.5, 0.6) is 0 Å². The van der Waals surface area contributed by atoms with Gasteiger partial charge in [0.05, 0.1) is 22.0 Å². The third-order valence-corrected chi connectivity index (χ3v) is 3.39. The topological polar surface area (TPSA) is 37.3 Å². The van der Waals surface area contributed by atoms with Gasteiger partial charge in [-0.25, -0.2) is 4.79 Å². The molecule has 0 saturated heterocycles. The first-order chi connectivity index (χ1) is 23.6. The van der Waals surface area contributed by atoms with Crippen molar-refractivity contribution >= 4 is 5.97 Å². The molecule has 2 heteroatoms. The van der Waals surface area contributed by atoms with Gasteiger partial charge in [-0.1, -0.05) is 85.7 Å².